The number of nitrogens with zero attached hydrogens (tertiary/aromatic N) is 1. The number of sulfonamides is 1. The van der Waals surface area contributed by atoms with E-state index in [1.807, 2.05) is 26.8 Å². The minimum atomic E-state index is -3.63. The van der Waals surface area contributed by atoms with Crippen LogP contribution in [0.15, 0.2) is 35.2 Å². The van der Waals surface area contributed by atoms with Crippen LogP contribution in [-0.4, -0.2) is 44.9 Å². The van der Waals surface area contributed by atoms with Gasteiger partial charge in [0.2, 0.25) is 10.0 Å². The van der Waals surface area contributed by atoms with Crippen LogP contribution < -0.4 is 14.8 Å². The molecular weight excluding hydrogens is 428 g/mol. The van der Waals surface area contributed by atoms with E-state index >= 15 is 0 Å². The van der Waals surface area contributed by atoms with Crippen molar-refractivity contribution in [3.05, 3.63) is 47.0 Å². The maximum atomic E-state index is 13.0. The molecule has 0 aromatic heterocycles. The fraction of sp³-hybridized carbons (Fsp3) is 0.458. The van der Waals surface area contributed by atoms with Gasteiger partial charge in [-0.25, -0.2) is 8.42 Å². The van der Waals surface area contributed by atoms with E-state index in [-0.39, 0.29) is 4.90 Å². The highest BCUT2D eigenvalue weighted by molar-refractivity contribution is 7.89. The summed E-state index contributed by atoms with van der Waals surface area (Å²) in [4.78, 5) is 13.0. The van der Waals surface area contributed by atoms with Crippen molar-refractivity contribution in [1.82, 2.24) is 4.31 Å². The molecule has 1 aliphatic heterocycles. The Morgan fingerprint density at radius 3 is 2.38 bits per heavy atom. The molecule has 7 nitrogen and oxygen atoms in total. The van der Waals surface area contributed by atoms with Crippen LogP contribution in [0.25, 0.3) is 0 Å². The van der Waals surface area contributed by atoms with Crippen molar-refractivity contribution in [2.24, 2.45) is 0 Å². The van der Waals surface area contributed by atoms with Crippen molar-refractivity contribution in [2.75, 3.05) is 25.5 Å². The molecule has 3 rings (SSSR count). The van der Waals surface area contributed by atoms with Crippen molar-refractivity contribution < 1.29 is 22.7 Å². The van der Waals surface area contributed by atoms with Gasteiger partial charge in [0, 0.05) is 13.1 Å². The number of methoxy groups -OCH3 is 1. The van der Waals surface area contributed by atoms with E-state index in [0.29, 0.717) is 30.3 Å². The Balaban J connectivity index is 1.81. The Morgan fingerprint density at radius 2 is 1.72 bits per heavy atom. The first-order valence-electron chi connectivity index (χ1n) is 10.9. The van der Waals surface area contributed by atoms with Crippen LogP contribution >= 0.6 is 0 Å². The van der Waals surface area contributed by atoms with Gasteiger partial charge in [0.25, 0.3) is 5.91 Å². The third-order valence-electron chi connectivity index (χ3n) is 5.82. The second-order valence-corrected chi connectivity index (χ2v) is 10.2. The zero-order valence-electron chi connectivity index (χ0n) is 19.4. The predicted molar refractivity (Wildman–Crippen MR) is 125 cm³/mol. The lowest BCUT2D eigenvalue weighted by atomic mass is 10.1. The summed E-state index contributed by atoms with van der Waals surface area (Å²) in [5, 5.41) is 2.77. The summed E-state index contributed by atoms with van der Waals surface area (Å²) in [6.07, 6.45) is 1.95. The number of nitrogens with one attached hydrogen (secondary N) is 1. The largest absolute Gasteiger partial charge is 0.495 e. The number of anilines is 1. The van der Waals surface area contributed by atoms with Gasteiger partial charge in [-0.2, -0.15) is 4.31 Å². The van der Waals surface area contributed by atoms with Gasteiger partial charge in [-0.3, -0.25) is 4.79 Å². The number of benzene rings is 2. The Kier molecular flexibility index (Phi) is 7.46. The zero-order chi connectivity index (χ0) is 23.5. The first-order chi connectivity index (χ1) is 15.1. The summed E-state index contributed by atoms with van der Waals surface area (Å²) in [5.41, 5.74) is 3.41. The molecule has 0 spiro atoms. The van der Waals surface area contributed by atoms with E-state index in [0.717, 1.165) is 36.0 Å². The number of amides is 1. The minimum absolute atomic E-state index is 0.134. The standard InChI is InChI=1S/C24H32N2O5S/c1-16-13-17(2)18(3)23(14-16)31-19(4)24(27)25-21-15-20(9-10-22(21)30-5)32(28,29)26-11-7-6-8-12-26/h9-10,13-15,19H,6-8,11-12H2,1-5H3,(H,25,27)/t19-/m0/s1. The maximum Gasteiger partial charge on any atom is 0.265 e. The van der Waals surface area contributed by atoms with E-state index in [9.17, 15) is 13.2 Å². The SMILES string of the molecule is COc1ccc(S(=O)(=O)N2CCCCC2)cc1NC(=O)[C@H](C)Oc1cc(C)cc(C)c1C. The Morgan fingerprint density at radius 1 is 1.03 bits per heavy atom. The van der Waals surface area contributed by atoms with Gasteiger partial charge in [-0.15, -0.1) is 0 Å². The van der Waals surface area contributed by atoms with Gasteiger partial charge in [0.1, 0.15) is 11.5 Å². The average Bonchev–Trinajstić information content (AvgIpc) is 2.77. The maximum absolute atomic E-state index is 13.0. The lowest BCUT2D eigenvalue weighted by molar-refractivity contribution is -0.122. The summed E-state index contributed by atoms with van der Waals surface area (Å²) in [7, 11) is -2.16. The molecule has 0 bridgehead atoms. The fourth-order valence-electron chi connectivity index (χ4n) is 3.80. The molecule has 1 saturated heterocycles. The van der Waals surface area contributed by atoms with Crippen molar-refractivity contribution >= 4 is 21.6 Å². The molecule has 1 N–H and O–H groups in total. The summed E-state index contributed by atoms with van der Waals surface area (Å²) in [6.45, 7) is 8.61. The van der Waals surface area contributed by atoms with Crippen molar-refractivity contribution in [3.63, 3.8) is 0 Å². The van der Waals surface area contributed by atoms with Crippen LogP contribution in [0.2, 0.25) is 0 Å². The number of piperidine rings is 1. The molecule has 8 heteroatoms. The van der Waals surface area contributed by atoms with Gasteiger partial charge in [-0.05, 0) is 81.5 Å². The Bertz CT molecular complexity index is 1090. The normalized spacial score (nSPS) is 15.8. The lowest BCUT2D eigenvalue weighted by Gasteiger charge is -2.26. The van der Waals surface area contributed by atoms with Gasteiger partial charge >= 0.3 is 0 Å². The van der Waals surface area contributed by atoms with Crippen LogP contribution in [0.4, 0.5) is 5.69 Å². The molecule has 1 aliphatic rings. The highest BCUT2D eigenvalue weighted by atomic mass is 32.2. The smallest absolute Gasteiger partial charge is 0.265 e. The van der Waals surface area contributed by atoms with Gasteiger partial charge in [0.05, 0.1) is 17.7 Å². The zero-order valence-corrected chi connectivity index (χ0v) is 20.2. The number of rotatable bonds is 7. The van der Waals surface area contributed by atoms with E-state index < -0.39 is 22.0 Å². The van der Waals surface area contributed by atoms with Crippen molar-refractivity contribution in [3.8, 4) is 11.5 Å². The molecule has 2 aromatic carbocycles. The van der Waals surface area contributed by atoms with Gasteiger partial charge in [0.15, 0.2) is 6.10 Å². The number of ether oxygens (including phenoxy) is 2. The summed E-state index contributed by atoms with van der Waals surface area (Å²) < 4.78 is 38.9. The molecular formula is C24H32N2O5S. The van der Waals surface area contributed by atoms with Crippen molar-refractivity contribution in [1.29, 1.82) is 0 Å². The summed E-state index contributed by atoms with van der Waals surface area (Å²) in [5.74, 6) is 0.638. The molecule has 0 saturated carbocycles. The second-order valence-electron chi connectivity index (χ2n) is 8.28. The fourth-order valence-corrected chi connectivity index (χ4v) is 5.34. The topological polar surface area (TPSA) is 84.9 Å². The Hall–Kier alpha value is -2.58. The molecule has 0 aliphatic carbocycles. The predicted octanol–water partition coefficient (Wildman–Crippen LogP) is 4.20. The highest BCUT2D eigenvalue weighted by Gasteiger charge is 2.27. The molecule has 1 amide bonds. The summed E-state index contributed by atoms with van der Waals surface area (Å²) >= 11 is 0. The third kappa shape index (κ3) is 5.24. The van der Waals surface area contributed by atoms with Gasteiger partial charge in [-0.1, -0.05) is 12.5 Å². The van der Waals surface area contributed by atoms with Crippen LogP contribution in [0.3, 0.4) is 0 Å². The van der Waals surface area contributed by atoms with Gasteiger partial charge < -0.3 is 14.8 Å². The van der Waals surface area contributed by atoms with Crippen LogP contribution in [0, 0.1) is 20.8 Å². The molecule has 32 heavy (non-hydrogen) atoms. The van der Waals surface area contributed by atoms with Crippen LogP contribution in [-0.2, 0) is 14.8 Å². The molecule has 1 heterocycles. The number of aryl methyl sites for hydroxylation is 2. The molecule has 0 radical (unpaired) electrons. The van der Waals surface area contributed by atoms with Crippen molar-refractivity contribution in [2.45, 2.75) is 58.0 Å². The third-order valence-corrected chi connectivity index (χ3v) is 7.71. The quantitative estimate of drug-likeness (QED) is 0.669. The van der Waals surface area contributed by atoms with E-state index in [2.05, 4.69) is 11.4 Å². The number of carbonyl (C=O) groups excluding carboxylic acids is 1. The molecule has 1 fully saturated rings. The molecule has 0 unspecified atom stereocenters. The van der Waals surface area contributed by atoms with E-state index in [1.54, 1.807) is 13.0 Å². The first kappa shape index (κ1) is 24.1. The second kappa shape index (κ2) is 9.92. The molecule has 2 aromatic rings. The number of carbonyl (C=O) groups is 1. The van der Waals surface area contributed by atoms with Crippen LogP contribution in [0.1, 0.15) is 42.9 Å². The molecule has 174 valence electrons. The van der Waals surface area contributed by atoms with E-state index in [4.69, 9.17) is 9.47 Å². The average molecular weight is 461 g/mol. The number of hydrogen-bond donors (Lipinski definition) is 1. The van der Waals surface area contributed by atoms with Crippen LogP contribution in [0.5, 0.6) is 11.5 Å². The number of hydrogen-bond acceptors (Lipinski definition) is 5. The minimum Gasteiger partial charge on any atom is -0.495 e. The highest BCUT2D eigenvalue weighted by Crippen LogP contribution is 2.30. The lowest BCUT2D eigenvalue weighted by Crippen LogP contribution is -2.35. The first-order valence-corrected chi connectivity index (χ1v) is 12.3. The monoisotopic (exact) mass is 460 g/mol. The molecule has 1 atom stereocenters. The Labute approximate surface area is 190 Å². The summed E-state index contributed by atoms with van der Waals surface area (Å²) in [6, 6.07) is 8.49. The van der Waals surface area contributed by atoms with E-state index in [1.165, 1.54) is 23.5 Å².